The number of sulfone groups is 1. The van der Waals surface area contributed by atoms with E-state index in [1.54, 1.807) is 18.2 Å². The first-order valence-corrected chi connectivity index (χ1v) is 9.64. The number of carbonyl (C=O) groups excluding carboxylic acids is 1. The highest BCUT2D eigenvalue weighted by Gasteiger charge is 2.29. The molecule has 24 heavy (non-hydrogen) atoms. The number of amides is 1. The predicted molar refractivity (Wildman–Crippen MR) is 92.8 cm³/mol. The zero-order valence-corrected chi connectivity index (χ0v) is 14.9. The first-order chi connectivity index (χ1) is 11.2. The maximum Gasteiger partial charge on any atom is 0.265 e. The molecule has 0 saturated heterocycles. The molecule has 0 spiro atoms. The summed E-state index contributed by atoms with van der Waals surface area (Å²) < 4.78 is 28.9. The number of ether oxygens (including phenoxy) is 1. The summed E-state index contributed by atoms with van der Waals surface area (Å²) >= 11 is 12.0. The summed E-state index contributed by atoms with van der Waals surface area (Å²) in [6.45, 7) is 0. The van der Waals surface area contributed by atoms with Crippen LogP contribution in [0.4, 0.5) is 5.69 Å². The maximum atomic E-state index is 12.4. The molecule has 1 aliphatic heterocycles. The van der Waals surface area contributed by atoms with Gasteiger partial charge in [-0.2, -0.15) is 0 Å². The van der Waals surface area contributed by atoms with E-state index in [2.05, 4.69) is 5.32 Å². The normalized spacial score (nSPS) is 16.4. The van der Waals surface area contributed by atoms with Crippen LogP contribution in [0.15, 0.2) is 41.3 Å². The lowest BCUT2D eigenvalue weighted by Gasteiger charge is -2.13. The standard InChI is InChI=1S/C16H13Cl2NO4S/c1-24(21,22)11-3-4-12(18)13(8-11)19-16(20)15-7-9-6-10(17)2-5-14(9)23-15/h2-6,8,15H,7H2,1H3,(H,19,20)/t15-/m0/s1. The van der Waals surface area contributed by atoms with Crippen LogP contribution in [0.5, 0.6) is 5.75 Å². The largest absolute Gasteiger partial charge is 0.480 e. The van der Waals surface area contributed by atoms with E-state index in [4.69, 9.17) is 27.9 Å². The number of hydrogen-bond donors (Lipinski definition) is 1. The monoisotopic (exact) mass is 385 g/mol. The minimum absolute atomic E-state index is 0.0737. The summed E-state index contributed by atoms with van der Waals surface area (Å²) in [7, 11) is -3.40. The molecule has 1 N–H and O–H groups in total. The van der Waals surface area contributed by atoms with Gasteiger partial charge in [-0.25, -0.2) is 8.42 Å². The second kappa shape index (κ2) is 6.27. The summed E-state index contributed by atoms with van der Waals surface area (Å²) in [4.78, 5) is 12.5. The Balaban J connectivity index is 1.79. The Morgan fingerprint density at radius 3 is 2.67 bits per heavy atom. The van der Waals surface area contributed by atoms with E-state index in [0.29, 0.717) is 17.2 Å². The van der Waals surface area contributed by atoms with Crippen molar-refractivity contribution in [2.24, 2.45) is 0 Å². The van der Waals surface area contributed by atoms with Crippen LogP contribution in [0.1, 0.15) is 5.56 Å². The van der Waals surface area contributed by atoms with Gasteiger partial charge in [0.15, 0.2) is 15.9 Å². The molecule has 0 saturated carbocycles. The molecule has 0 aromatic heterocycles. The summed E-state index contributed by atoms with van der Waals surface area (Å²) in [5.41, 5.74) is 1.07. The molecule has 1 heterocycles. The summed E-state index contributed by atoms with van der Waals surface area (Å²) in [5.74, 6) is 0.199. The molecule has 126 valence electrons. The Bertz CT molecular complexity index is 928. The minimum atomic E-state index is -3.40. The Morgan fingerprint density at radius 1 is 1.21 bits per heavy atom. The third kappa shape index (κ3) is 3.50. The van der Waals surface area contributed by atoms with Crippen molar-refractivity contribution >= 4 is 44.6 Å². The van der Waals surface area contributed by atoms with Gasteiger partial charge in [0.05, 0.1) is 15.6 Å². The van der Waals surface area contributed by atoms with Gasteiger partial charge in [0, 0.05) is 17.7 Å². The van der Waals surface area contributed by atoms with Gasteiger partial charge < -0.3 is 10.1 Å². The number of benzene rings is 2. The number of carbonyl (C=O) groups is 1. The van der Waals surface area contributed by atoms with Crippen LogP contribution in [0.3, 0.4) is 0 Å². The Kier molecular flexibility index (Phi) is 4.46. The second-order valence-corrected chi connectivity index (χ2v) is 8.33. The predicted octanol–water partition coefficient (Wildman–Crippen LogP) is 3.34. The molecule has 8 heteroatoms. The van der Waals surface area contributed by atoms with Crippen LogP contribution in [0, 0.1) is 0 Å². The average Bonchev–Trinajstić information content (AvgIpc) is 2.91. The van der Waals surface area contributed by atoms with Crippen molar-refractivity contribution in [3.8, 4) is 5.75 Å². The Morgan fingerprint density at radius 2 is 1.96 bits per heavy atom. The lowest BCUT2D eigenvalue weighted by atomic mass is 10.1. The molecule has 1 aliphatic rings. The van der Waals surface area contributed by atoms with Gasteiger partial charge in [0.1, 0.15) is 5.75 Å². The van der Waals surface area contributed by atoms with Crippen molar-refractivity contribution in [1.82, 2.24) is 0 Å². The Labute approximate surface area is 149 Å². The summed E-state index contributed by atoms with van der Waals surface area (Å²) in [6, 6.07) is 9.29. The number of nitrogens with one attached hydrogen (secondary N) is 1. The summed E-state index contributed by atoms with van der Waals surface area (Å²) in [6.07, 6.45) is 0.740. The molecule has 2 aromatic carbocycles. The van der Waals surface area contributed by atoms with Crippen LogP contribution >= 0.6 is 23.2 Å². The zero-order chi connectivity index (χ0) is 17.5. The smallest absolute Gasteiger partial charge is 0.265 e. The molecule has 5 nitrogen and oxygen atoms in total. The van der Waals surface area contributed by atoms with Crippen LogP contribution in [0.25, 0.3) is 0 Å². The number of fused-ring (bicyclic) bond motifs is 1. The molecule has 2 aromatic rings. The zero-order valence-electron chi connectivity index (χ0n) is 12.5. The lowest BCUT2D eigenvalue weighted by Crippen LogP contribution is -2.31. The van der Waals surface area contributed by atoms with E-state index < -0.39 is 21.8 Å². The number of hydrogen-bond acceptors (Lipinski definition) is 4. The average molecular weight is 386 g/mol. The molecule has 0 unspecified atom stereocenters. The van der Waals surface area contributed by atoms with Gasteiger partial charge in [-0.3, -0.25) is 4.79 Å². The fourth-order valence-electron chi connectivity index (χ4n) is 2.41. The molecule has 1 amide bonds. The van der Waals surface area contributed by atoms with E-state index in [1.165, 1.54) is 18.2 Å². The van der Waals surface area contributed by atoms with Gasteiger partial charge in [-0.1, -0.05) is 23.2 Å². The number of rotatable bonds is 3. The molecule has 0 bridgehead atoms. The van der Waals surface area contributed by atoms with E-state index in [0.717, 1.165) is 11.8 Å². The minimum Gasteiger partial charge on any atom is -0.480 e. The topological polar surface area (TPSA) is 72.5 Å². The molecule has 1 atom stereocenters. The highest BCUT2D eigenvalue weighted by atomic mass is 35.5. The maximum absolute atomic E-state index is 12.4. The molecule has 0 aliphatic carbocycles. The van der Waals surface area contributed by atoms with Crippen LogP contribution in [-0.2, 0) is 21.1 Å². The molecule has 0 radical (unpaired) electrons. The van der Waals surface area contributed by atoms with Crippen molar-refractivity contribution in [1.29, 1.82) is 0 Å². The fraction of sp³-hybridized carbons (Fsp3) is 0.188. The summed E-state index contributed by atoms with van der Waals surface area (Å²) in [5, 5.41) is 3.44. The van der Waals surface area contributed by atoms with Crippen LogP contribution in [-0.4, -0.2) is 26.7 Å². The van der Waals surface area contributed by atoms with Gasteiger partial charge in [-0.05, 0) is 42.0 Å². The van der Waals surface area contributed by atoms with Crippen molar-refractivity contribution < 1.29 is 17.9 Å². The van der Waals surface area contributed by atoms with Gasteiger partial charge in [0.2, 0.25) is 0 Å². The highest BCUT2D eigenvalue weighted by molar-refractivity contribution is 7.90. The van der Waals surface area contributed by atoms with E-state index in [-0.39, 0.29) is 15.6 Å². The fourth-order valence-corrected chi connectivity index (χ4v) is 3.41. The second-order valence-electron chi connectivity index (χ2n) is 5.47. The molecular weight excluding hydrogens is 373 g/mol. The highest BCUT2D eigenvalue weighted by Crippen LogP contribution is 2.32. The number of anilines is 1. The van der Waals surface area contributed by atoms with Crippen molar-refractivity contribution in [3.63, 3.8) is 0 Å². The quantitative estimate of drug-likeness (QED) is 0.878. The van der Waals surface area contributed by atoms with Gasteiger partial charge >= 0.3 is 0 Å². The van der Waals surface area contributed by atoms with E-state index >= 15 is 0 Å². The van der Waals surface area contributed by atoms with Crippen LogP contribution in [0.2, 0.25) is 10.0 Å². The number of halogens is 2. The first-order valence-electron chi connectivity index (χ1n) is 6.99. The van der Waals surface area contributed by atoms with Crippen molar-refractivity contribution in [3.05, 3.63) is 52.0 Å². The molecule has 0 fully saturated rings. The lowest BCUT2D eigenvalue weighted by molar-refractivity contribution is -0.122. The van der Waals surface area contributed by atoms with Gasteiger partial charge in [0.25, 0.3) is 5.91 Å². The molecule has 3 rings (SSSR count). The molecular formula is C16H13Cl2NO4S. The van der Waals surface area contributed by atoms with Gasteiger partial charge in [-0.15, -0.1) is 0 Å². The third-order valence-corrected chi connectivity index (χ3v) is 5.29. The van der Waals surface area contributed by atoms with Crippen molar-refractivity contribution in [2.45, 2.75) is 17.4 Å². The van der Waals surface area contributed by atoms with Crippen LogP contribution < -0.4 is 10.1 Å². The SMILES string of the molecule is CS(=O)(=O)c1ccc(Cl)c(NC(=O)[C@@H]2Cc3cc(Cl)ccc3O2)c1. The third-order valence-electron chi connectivity index (χ3n) is 3.61. The first kappa shape index (κ1) is 17.1. The van der Waals surface area contributed by atoms with E-state index in [1.807, 2.05) is 0 Å². The van der Waals surface area contributed by atoms with Crippen molar-refractivity contribution in [2.75, 3.05) is 11.6 Å². The van der Waals surface area contributed by atoms with E-state index in [9.17, 15) is 13.2 Å². The Hall–Kier alpha value is -1.76.